The monoisotopic (exact) mass is 247 g/mol. The van der Waals surface area contributed by atoms with Crippen LogP contribution >= 0.6 is 0 Å². The molecule has 0 N–H and O–H groups in total. The zero-order valence-electron chi connectivity index (χ0n) is 11.5. The molecule has 3 heteroatoms. The number of hydrogen-bond acceptors (Lipinski definition) is 2. The largest absolute Gasteiger partial charge is 0.301 e. The van der Waals surface area contributed by atoms with E-state index in [1.165, 1.54) is 51.7 Å². The molecule has 3 nitrogen and oxygen atoms in total. The molecule has 0 spiro atoms. The third-order valence-electron chi connectivity index (χ3n) is 4.79. The summed E-state index contributed by atoms with van der Waals surface area (Å²) in [6.07, 6.45) is 9.45. The van der Waals surface area contributed by atoms with E-state index in [0.717, 1.165) is 24.1 Å². The molecule has 1 aliphatic carbocycles. The Kier molecular flexibility index (Phi) is 3.69. The van der Waals surface area contributed by atoms with Crippen LogP contribution in [0.15, 0.2) is 12.3 Å². The average Bonchev–Trinajstić information content (AvgIpc) is 2.82. The zero-order chi connectivity index (χ0) is 12.4. The van der Waals surface area contributed by atoms with Gasteiger partial charge in [-0.1, -0.05) is 19.3 Å². The van der Waals surface area contributed by atoms with Gasteiger partial charge in [-0.2, -0.15) is 5.10 Å². The lowest BCUT2D eigenvalue weighted by Gasteiger charge is -2.41. The molecule has 18 heavy (non-hydrogen) atoms. The van der Waals surface area contributed by atoms with Gasteiger partial charge in [-0.05, 0) is 44.2 Å². The molecule has 1 aromatic rings. The van der Waals surface area contributed by atoms with Gasteiger partial charge in [0, 0.05) is 19.3 Å². The number of likely N-dealkylation sites (tertiary alicyclic amines) is 1. The Labute approximate surface area is 110 Å². The molecule has 1 aliphatic heterocycles. The van der Waals surface area contributed by atoms with Gasteiger partial charge >= 0.3 is 0 Å². The second-order valence-corrected chi connectivity index (χ2v) is 6.11. The van der Waals surface area contributed by atoms with Gasteiger partial charge in [0.25, 0.3) is 0 Å². The first-order chi connectivity index (χ1) is 8.81. The van der Waals surface area contributed by atoms with Crippen molar-refractivity contribution in [3.05, 3.63) is 18.0 Å². The lowest BCUT2D eigenvalue weighted by atomic mass is 9.75. The molecule has 0 bridgehead atoms. The van der Waals surface area contributed by atoms with Gasteiger partial charge in [0.15, 0.2) is 0 Å². The first-order valence-electron chi connectivity index (χ1n) is 7.54. The Morgan fingerprint density at radius 1 is 1.17 bits per heavy atom. The molecule has 1 saturated carbocycles. The van der Waals surface area contributed by atoms with Crippen molar-refractivity contribution < 1.29 is 0 Å². The third-order valence-corrected chi connectivity index (χ3v) is 4.79. The maximum Gasteiger partial charge on any atom is 0.0593 e. The highest BCUT2D eigenvalue weighted by molar-refractivity contribution is 4.94. The van der Waals surface area contributed by atoms with Gasteiger partial charge < -0.3 is 4.90 Å². The van der Waals surface area contributed by atoms with Crippen molar-refractivity contribution in [3.63, 3.8) is 0 Å². The highest BCUT2D eigenvalue weighted by Gasteiger charge is 2.30. The number of piperidine rings is 1. The summed E-state index contributed by atoms with van der Waals surface area (Å²) in [6.45, 7) is 6.92. The smallest absolute Gasteiger partial charge is 0.0593 e. The molecule has 1 aromatic heterocycles. The van der Waals surface area contributed by atoms with E-state index in [0.29, 0.717) is 0 Å². The molecule has 1 saturated heterocycles. The zero-order valence-corrected chi connectivity index (χ0v) is 11.5. The number of fused-ring (bicyclic) bond motifs is 1. The van der Waals surface area contributed by atoms with E-state index in [1.807, 2.05) is 0 Å². The summed E-state index contributed by atoms with van der Waals surface area (Å²) >= 11 is 0. The van der Waals surface area contributed by atoms with Gasteiger partial charge in [0.1, 0.15) is 0 Å². The number of nitrogens with zero attached hydrogens (tertiary/aromatic N) is 3. The first-order valence-corrected chi connectivity index (χ1v) is 7.54. The summed E-state index contributed by atoms with van der Waals surface area (Å²) in [5, 5.41) is 4.47. The summed E-state index contributed by atoms with van der Waals surface area (Å²) in [4.78, 5) is 2.66. The van der Waals surface area contributed by atoms with Crippen molar-refractivity contribution in [2.24, 2.45) is 11.8 Å². The molecule has 2 aliphatic rings. The third kappa shape index (κ3) is 2.77. The Morgan fingerprint density at radius 2 is 2.00 bits per heavy atom. The van der Waals surface area contributed by atoms with Gasteiger partial charge in [0.2, 0.25) is 0 Å². The van der Waals surface area contributed by atoms with Crippen molar-refractivity contribution in [3.8, 4) is 0 Å². The SMILES string of the molecule is Cc1ccn(CCN2CC[C@@H]3CCCC[C@H]3C2)n1. The van der Waals surface area contributed by atoms with E-state index in [9.17, 15) is 0 Å². The molecule has 2 fully saturated rings. The Balaban J connectivity index is 1.49. The summed E-state index contributed by atoms with van der Waals surface area (Å²) in [5.41, 5.74) is 1.13. The fourth-order valence-corrected chi connectivity index (χ4v) is 3.71. The first kappa shape index (κ1) is 12.2. The molecule has 0 unspecified atom stereocenters. The predicted molar refractivity (Wildman–Crippen MR) is 73.5 cm³/mol. The lowest BCUT2D eigenvalue weighted by Crippen LogP contribution is -2.42. The van der Waals surface area contributed by atoms with E-state index >= 15 is 0 Å². The van der Waals surface area contributed by atoms with Crippen molar-refractivity contribution in [2.75, 3.05) is 19.6 Å². The summed E-state index contributed by atoms with van der Waals surface area (Å²) < 4.78 is 2.09. The summed E-state index contributed by atoms with van der Waals surface area (Å²) in [7, 11) is 0. The van der Waals surface area contributed by atoms with E-state index in [2.05, 4.69) is 33.9 Å². The fourth-order valence-electron chi connectivity index (χ4n) is 3.71. The second kappa shape index (κ2) is 5.43. The number of hydrogen-bond donors (Lipinski definition) is 0. The van der Waals surface area contributed by atoms with Crippen LogP contribution in [-0.4, -0.2) is 34.3 Å². The second-order valence-electron chi connectivity index (χ2n) is 6.11. The van der Waals surface area contributed by atoms with Crippen molar-refractivity contribution in [1.82, 2.24) is 14.7 Å². The number of aryl methyl sites for hydroxylation is 1. The molecule has 100 valence electrons. The Morgan fingerprint density at radius 3 is 2.78 bits per heavy atom. The number of aromatic nitrogens is 2. The minimum absolute atomic E-state index is 0.992. The van der Waals surface area contributed by atoms with Gasteiger partial charge in [-0.15, -0.1) is 0 Å². The van der Waals surface area contributed by atoms with Crippen LogP contribution in [0.1, 0.15) is 37.8 Å². The Bertz CT molecular complexity index is 385. The topological polar surface area (TPSA) is 21.1 Å². The molecule has 0 amide bonds. The van der Waals surface area contributed by atoms with Crippen LogP contribution in [0.5, 0.6) is 0 Å². The number of rotatable bonds is 3. The van der Waals surface area contributed by atoms with Gasteiger partial charge in [0.05, 0.1) is 12.2 Å². The maximum atomic E-state index is 4.47. The minimum atomic E-state index is 0.992. The summed E-state index contributed by atoms with van der Waals surface area (Å²) in [6, 6.07) is 2.09. The molecule has 2 heterocycles. The molecule has 0 radical (unpaired) electrons. The Hall–Kier alpha value is -0.830. The normalized spacial score (nSPS) is 29.2. The van der Waals surface area contributed by atoms with Crippen molar-refractivity contribution >= 4 is 0 Å². The van der Waals surface area contributed by atoms with E-state index < -0.39 is 0 Å². The van der Waals surface area contributed by atoms with E-state index in [4.69, 9.17) is 0 Å². The van der Waals surface area contributed by atoms with Crippen LogP contribution in [-0.2, 0) is 6.54 Å². The predicted octanol–water partition coefficient (Wildman–Crippen LogP) is 2.70. The minimum Gasteiger partial charge on any atom is -0.301 e. The lowest BCUT2D eigenvalue weighted by molar-refractivity contribution is 0.0838. The quantitative estimate of drug-likeness (QED) is 0.819. The standard InChI is InChI=1S/C15H25N3/c1-13-6-9-18(16-13)11-10-17-8-7-14-4-2-3-5-15(14)12-17/h6,9,14-15H,2-5,7-8,10-12H2,1H3/t14-,15-/m0/s1. The van der Waals surface area contributed by atoms with Crippen LogP contribution in [0.3, 0.4) is 0 Å². The molecule has 0 aromatic carbocycles. The van der Waals surface area contributed by atoms with E-state index in [-0.39, 0.29) is 0 Å². The highest BCUT2D eigenvalue weighted by Crippen LogP contribution is 2.35. The van der Waals surface area contributed by atoms with Crippen molar-refractivity contribution in [1.29, 1.82) is 0 Å². The van der Waals surface area contributed by atoms with E-state index in [1.54, 1.807) is 0 Å². The fraction of sp³-hybridized carbons (Fsp3) is 0.800. The molecular weight excluding hydrogens is 222 g/mol. The van der Waals surface area contributed by atoms with Crippen LogP contribution in [0.2, 0.25) is 0 Å². The summed E-state index contributed by atoms with van der Waals surface area (Å²) in [5.74, 6) is 2.04. The van der Waals surface area contributed by atoms with Gasteiger partial charge in [-0.3, -0.25) is 4.68 Å². The van der Waals surface area contributed by atoms with Crippen LogP contribution in [0, 0.1) is 18.8 Å². The van der Waals surface area contributed by atoms with Crippen molar-refractivity contribution in [2.45, 2.75) is 45.6 Å². The highest BCUT2D eigenvalue weighted by atomic mass is 15.3. The molecule has 3 rings (SSSR count). The van der Waals surface area contributed by atoms with Gasteiger partial charge in [-0.25, -0.2) is 0 Å². The molecular formula is C15H25N3. The van der Waals surface area contributed by atoms with Crippen LogP contribution in [0.4, 0.5) is 0 Å². The average molecular weight is 247 g/mol. The molecule has 2 atom stereocenters. The maximum absolute atomic E-state index is 4.47. The van der Waals surface area contributed by atoms with Crippen LogP contribution < -0.4 is 0 Å². The van der Waals surface area contributed by atoms with Crippen LogP contribution in [0.25, 0.3) is 0 Å².